The molecule has 10 heteroatoms. The van der Waals surface area contributed by atoms with Crippen LogP contribution in [0.3, 0.4) is 0 Å². The van der Waals surface area contributed by atoms with Gasteiger partial charge >= 0.3 is 5.97 Å². The molecular weight excluding hydrogens is 580 g/mol. The number of Topliss-reactive ketones (excluding diaryl/α,β-unsaturated/α-hetero) is 1. The molecule has 0 atom stereocenters. The SMILES string of the molecule is O=C(CCCCCCCCCCS)CNCC(=O)Nc1ccc(-c2c3ccc(=O)cc-3oc3cc(O)ccc23)c(C(=O)O)c1. The molecule has 44 heavy (non-hydrogen) atoms. The minimum atomic E-state index is -1.21. The van der Waals surface area contributed by atoms with E-state index in [0.29, 0.717) is 28.5 Å². The number of nitrogens with one attached hydrogen (secondary N) is 2. The molecule has 1 aliphatic heterocycles. The molecule has 232 valence electrons. The molecule has 2 aliphatic rings. The van der Waals surface area contributed by atoms with Gasteiger partial charge in [0, 0.05) is 40.8 Å². The molecule has 0 spiro atoms. The average Bonchev–Trinajstić information content (AvgIpc) is 2.99. The lowest BCUT2D eigenvalue weighted by Gasteiger charge is -2.17. The third-order valence-corrected chi connectivity index (χ3v) is 7.77. The fourth-order valence-corrected chi connectivity index (χ4v) is 5.49. The highest BCUT2D eigenvalue weighted by Crippen LogP contribution is 2.42. The van der Waals surface area contributed by atoms with Crippen LogP contribution in [0.1, 0.15) is 68.1 Å². The highest BCUT2D eigenvalue weighted by Gasteiger charge is 2.22. The molecule has 1 aliphatic carbocycles. The van der Waals surface area contributed by atoms with Crippen LogP contribution in [0.15, 0.2) is 63.8 Å². The molecule has 0 fully saturated rings. The van der Waals surface area contributed by atoms with Crippen molar-refractivity contribution in [3.8, 4) is 28.2 Å². The molecular formula is C34H38N2O7S. The van der Waals surface area contributed by atoms with Gasteiger partial charge in [0.05, 0.1) is 18.7 Å². The Morgan fingerprint density at radius 3 is 2.23 bits per heavy atom. The number of hydrogen-bond acceptors (Lipinski definition) is 8. The number of unbranched alkanes of at least 4 members (excludes halogenated alkanes) is 7. The van der Waals surface area contributed by atoms with Gasteiger partial charge < -0.3 is 25.3 Å². The van der Waals surface area contributed by atoms with Gasteiger partial charge in [-0.25, -0.2) is 4.79 Å². The summed E-state index contributed by atoms with van der Waals surface area (Å²) in [5, 5.41) is 26.2. The van der Waals surface area contributed by atoms with Crippen molar-refractivity contribution in [3.05, 3.63) is 70.4 Å². The predicted octanol–water partition coefficient (Wildman–Crippen LogP) is 6.51. The molecule has 0 saturated heterocycles. The first-order chi connectivity index (χ1) is 21.3. The summed E-state index contributed by atoms with van der Waals surface area (Å²) in [4.78, 5) is 49.2. The Morgan fingerprint density at radius 2 is 1.50 bits per heavy atom. The summed E-state index contributed by atoms with van der Waals surface area (Å²) in [5.74, 6) is -0.426. The lowest BCUT2D eigenvalue weighted by Crippen LogP contribution is -2.32. The zero-order valence-electron chi connectivity index (χ0n) is 24.6. The second-order valence-corrected chi connectivity index (χ2v) is 11.3. The number of fused-ring (bicyclic) bond motifs is 2. The van der Waals surface area contributed by atoms with Crippen LogP contribution in [0.2, 0.25) is 0 Å². The summed E-state index contributed by atoms with van der Waals surface area (Å²) in [6.45, 7) is -0.00499. The number of hydrogen-bond donors (Lipinski definition) is 5. The maximum atomic E-state index is 12.6. The van der Waals surface area contributed by atoms with Crippen LogP contribution in [0.4, 0.5) is 5.69 Å². The number of phenolic OH excluding ortho intramolecular Hbond substituents is 1. The maximum absolute atomic E-state index is 12.6. The fraction of sp³-hybridized carbons (Fsp3) is 0.353. The molecule has 0 saturated carbocycles. The van der Waals surface area contributed by atoms with Crippen LogP contribution >= 0.6 is 12.6 Å². The Hall–Kier alpha value is -4.15. The molecule has 4 rings (SSSR count). The molecule has 1 heterocycles. The normalized spacial score (nSPS) is 11.2. The number of carboxylic acid groups (broad SMARTS) is 1. The molecule has 0 bridgehead atoms. The molecule has 9 nitrogen and oxygen atoms in total. The van der Waals surface area contributed by atoms with Gasteiger partial charge in [0.1, 0.15) is 22.9 Å². The summed E-state index contributed by atoms with van der Waals surface area (Å²) in [5.41, 5.74) is 1.60. The van der Waals surface area contributed by atoms with E-state index in [4.69, 9.17) is 4.42 Å². The molecule has 0 radical (unpaired) electrons. The second-order valence-electron chi connectivity index (χ2n) is 10.9. The van der Waals surface area contributed by atoms with E-state index in [2.05, 4.69) is 23.3 Å². The van der Waals surface area contributed by atoms with Crippen molar-refractivity contribution >= 4 is 46.9 Å². The number of anilines is 1. The molecule has 1 amide bonds. The number of ketones is 1. The third-order valence-electron chi connectivity index (χ3n) is 7.45. The van der Waals surface area contributed by atoms with E-state index in [1.807, 2.05) is 0 Å². The van der Waals surface area contributed by atoms with Crippen LogP contribution < -0.4 is 16.1 Å². The first kappa shape index (κ1) is 32.8. The Labute approximate surface area is 261 Å². The minimum Gasteiger partial charge on any atom is -0.508 e. The van der Waals surface area contributed by atoms with Gasteiger partial charge in [-0.3, -0.25) is 14.4 Å². The van der Waals surface area contributed by atoms with E-state index in [1.54, 1.807) is 24.3 Å². The standard InChI is InChI=1S/C34H38N2O7S/c37-23-11-14-27-30(18-23)43-31-19-24(38)12-15-28(31)33(27)26-13-10-22(17-29(26)34(41)42)36-32(40)21-35-20-25(39)9-7-5-3-1-2-4-6-8-16-44/h10-15,17-19,35,37,44H,1-9,16,20-21H2,(H,36,40)(H,41,42). The number of amides is 1. The summed E-state index contributed by atoms with van der Waals surface area (Å²) in [6, 6.07) is 13.3. The van der Waals surface area contributed by atoms with E-state index < -0.39 is 11.9 Å². The topological polar surface area (TPSA) is 146 Å². The first-order valence-corrected chi connectivity index (χ1v) is 15.6. The van der Waals surface area contributed by atoms with Gasteiger partial charge in [0.2, 0.25) is 5.91 Å². The molecule has 0 aromatic heterocycles. The Balaban J connectivity index is 1.37. The minimum absolute atomic E-state index is 0.0433. The van der Waals surface area contributed by atoms with E-state index in [9.17, 15) is 29.4 Å². The zero-order valence-corrected chi connectivity index (χ0v) is 25.5. The number of aromatic carboxylic acids is 1. The lowest BCUT2D eigenvalue weighted by molar-refractivity contribution is -0.118. The summed E-state index contributed by atoms with van der Waals surface area (Å²) < 4.78 is 5.86. The summed E-state index contributed by atoms with van der Waals surface area (Å²) in [6.07, 6.45) is 9.50. The van der Waals surface area contributed by atoms with E-state index in [-0.39, 0.29) is 52.6 Å². The number of thiol groups is 1. The second kappa shape index (κ2) is 16.1. The Bertz CT molecular complexity index is 1650. The van der Waals surface area contributed by atoms with Crippen LogP contribution in [0, 0.1) is 0 Å². The monoisotopic (exact) mass is 618 g/mol. The van der Waals surface area contributed by atoms with Crippen LogP contribution in [0.25, 0.3) is 33.4 Å². The van der Waals surface area contributed by atoms with Crippen molar-refractivity contribution in [2.45, 2.75) is 57.8 Å². The number of carbonyl (C=O) groups excluding carboxylic acids is 2. The maximum Gasteiger partial charge on any atom is 0.336 e. The van der Waals surface area contributed by atoms with Gasteiger partial charge in [-0.1, -0.05) is 44.6 Å². The van der Waals surface area contributed by atoms with Crippen molar-refractivity contribution < 1.29 is 29.0 Å². The van der Waals surface area contributed by atoms with Gasteiger partial charge in [0.25, 0.3) is 0 Å². The summed E-state index contributed by atoms with van der Waals surface area (Å²) in [7, 11) is 0. The number of phenols is 1. The van der Waals surface area contributed by atoms with Gasteiger partial charge in [-0.2, -0.15) is 12.6 Å². The quantitative estimate of drug-likeness (QED) is 0.0512. The van der Waals surface area contributed by atoms with Crippen molar-refractivity contribution in [2.24, 2.45) is 0 Å². The highest BCUT2D eigenvalue weighted by atomic mass is 32.1. The van der Waals surface area contributed by atoms with Crippen LogP contribution in [0.5, 0.6) is 5.75 Å². The molecule has 2 aromatic rings. The van der Waals surface area contributed by atoms with Crippen LogP contribution in [-0.4, -0.2) is 46.7 Å². The smallest absolute Gasteiger partial charge is 0.336 e. The third kappa shape index (κ3) is 8.93. The van der Waals surface area contributed by atoms with Gasteiger partial charge in [-0.15, -0.1) is 0 Å². The Kier molecular flexibility index (Phi) is 12.0. The number of benzene rings is 3. The van der Waals surface area contributed by atoms with E-state index in [0.717, 1.165) is 31.4 Å². The van der Waals surface area contributed by atoms with E-state index in [1.165, 1.54) is 56.0 Å². The number of rotatable bonds is 17. The van der Waals surface area contributed by atoms with Crippen molar-refractivity contribution in [1.82, 2.24) is 5.32 Å². The van der Waals surface area contributed by atoms with E-state index >= 15 is 0 Å². The fourth-order valence-electron chi connectivity index (χ4n) is 5.27. The number of carboxylic acids is 1. The zero-order chi connectivity index (χ0) is 31.5. The first-order valence-electron chi connectivity index (χ1n) is 15.0. The molecule has 4 N–H and O–H groups in total. The molecule has 2 aromatic carbocycles. The predicted molar refractivity (Wildman–Crippen MR) is 175 cm³/mol. The van der Waals surface area contributed by atoms with Crippen molar-refractivity contribution in [3.63, 3.8) is 0 Å². The number of carbonyl (C=O) groups is 3. The Morgan fingerprint density at radius 1 is 0.795 bits per heavy atom. The number of aromatic hydroxyl groups is 1. The van der Waals surface area contributed by atoms with Gasteiger partial charge in [-0.05, 0) is 60.6 Å². The van der Waals surface area contributed by atoms with Gasteiger partial charge in [0.15, 0.2) is 5.43 Å². The lowest BCUT2D eigenvalue weighted by atomic mass is 9.90. The average molecular weight is 619 g/mol. The van der Waals surface area contributed by atoms with Crippen LogP contribution in [-0.2, 0) is 9.59 Å². The molecule has 0 unspecified atom stereocenters. The largest absolute Gasteiger partial charge is 0.508 e. The van der Waals surface area contributed by atoms with Crippen molar-refractivity contribution in [2.75, 3.05) is 24.2 Å². The van der Waals surface area contributed by atoms with Crippen molar-refractivity contribution in [1.29, 1.82) is 0 Å². The summed E-state index contributed by atoms with van der Waals surface area (Å²) >= 11 is 4.22. The highest BCUT2D eigenvalue weighted by molar-refractivity contribution is 7.80.